The van der Waals surface area contributed by atoms with E-state index in [2.05, 4.69) is 15.3 Å². The molecular formula is C17H15N3O2. The highest BCUT2D eigenvalue weighted by Gasteiger charge is 2.07. The average Bonchev–Trinajstić information content (AvgIpc) is 2.49. The molecule has 5 heteroatoms. The summed E-state index contributed by atoms with van der Waals surface area (Å²) in [6, 6.07) is 14.3. The maximum atomic E-state index is 11.9. The molecular weight excluding hydrogens is 278 g/mol. The van der Waals surface area contributed by atoms with Gasteiger partial charge >= 0.3 is 6.09 Å². The normalized spacial score (nSPS) is 10.5. The van der Waals surface area contributed by atoms with Crippen molar-refractivity contribution in [2.45, 2.75) is 13.8 Å². The standard InChI is InChI=1S/C17H15N3O2/c1-11-12(2)19-16-10-13(8-9-15(16)18-11)20-17(21)22-14-6-4-3-5-7-14/h3-10H,1-2H3,(H,20,21). The molecule has 0 aliphatic heterocycles. The zero-order valence-corrected chi connectivity index (χ0v) is 12.3. The molecule has 1 N–H and O–H groups in total. The summed E-state index contributed by atoms with van der Waals surface area (Å²) in [6.45, 7) is 3.83. The van der Waals surface area contributed by atoms with Crippen LogP contribution in [0.3, 0.4) is 0 Å². The van der Waals surface area contributed by atoms with Gasteiger partial charge in [0, 0.05) is 5.69 Å². The summed E-state index contributed by atoms with van der Waals surface area (Å²) >= 11 is 0. The minimum absolute atomic E-state index is 0.493. The highest BCUT2D eigenvalue weighted by molar-refractivity contribution is 5.89. The third kappa shape index (κ3) is 3.03. The minimum Gasteiger partial charge on any atom is -0.410 e. The molecule has 0 radical (unpaired) electrons. The zero-order chi connectivity index (χ0) is 15.5. The van der Waals surface area contributed by atoms with E-state index in [1.54, 1.807) is 36.4 Å². The monoisotopic (exact) mass is 293 g/mol. The molecule has 0 aliphatic rings. The van der Waals surface area contributed by atoms with Gasteiger partial charge in [-0.3, -0.25) is 5.32 Å². The average molecular weight is 293 g/mol. The quantitative estimate of drug-likeness (QED) is 0.779. The molecule has 1 heterocycles. The summed E-state index contributed by atoms with van der Waals surface area (Å²) < 4.78 is 5.19. The van der Waals surface area contributed by atoms with Gasteiger partial charge in [-0.15, -0.1) is 0 Å². The lowest BCUT2D eigenvalue weighted by Crippen LogP contribution is -2.16. The number of nitrogens with zero attached hydrogens (tertiary/aromatic N) is 2. The van der Waals surface area contributed by atoms with Crippen LogP contribution in [-0.2, 0) is 0 Å². The number of amides is 1. The summed E-state index contributed by atoms with van der Waals surface area (Å²) in [4.78, 5) is 20.8. The van der Waals surface area contributed by atoms with Crippen LogP contribution in [0.25, 0.3) is 11.0 Å². The van der Waals surface area contributed by atoms with Crippen molar-refractivity contribution in [3.63, 3.8) is 0 Å². The van der Waals surface area contributed by atoms with E-state index in [4.69, 9.17) is 4.74 Å². The van der Waals surface area contributed by atoms with Crippen molar-refractivity contribution in [1.29, 1.82) is 0 Å². The van der Waals surface area contributed by atoms with E-state index < -0.39 is 6.09 Å². The molecule has 0 saturated heterocycles. The number of rotatable bonds is 2. The van der Waals surface area contributed by atoms with Crippen LogP contribution < -0.4 is 10.1 Å². The predicted molar refractivity (Wildman–Crippen MR) is 85.1 cm³/mol. The summed E-state index contributed by atoms with van der Waals surface area (Å²) in [6.07, 6.45) is -0.539. The molecule has 3 rings (SSSR count). The van der Waals surface area contributed by atoms with Crippen molar-refractivity contribution in [2.24, 2.45) is 0 Å². The van der Waals surface area contributed by atoms with Gasteiger partial charge in [0.2, 0.25) is 0 Å². The van der Waals surface area contributed by atoms with Crippen LogP contribution in [0.2, 0.25) is 0 Å². The number of carbonyl (C=O) groups excluding carboxylic acids is 1. The zero-order valence-electron chi connectivity index (χ0n) is 12.3. The molecule has 22 heavy (non-hydrogen) atoms. The molecule has 0 aliphatic carbocycles. The number of fused-ring (bicyclic) bond motifs is 1. The molecule has 2 aromatic carbocycles. The fourth-order valence-electron chi connectivity index (χ4n) is 2.05. The third-order valence-electron chi connectivity index (χ3n) is 3.28. The number of para-hydroxylation sites is 1. The number of carbonyl (C=O) groups is 1. The smallest absolute Gasteiger partial charge is 0.410 e. The van der Waals surface area contributed by atoms with E-state index in [0.29, 0.717) is 11.4 Å². The SMILES string of the molecule is Cc1nc2ccc(NC(=O)Oc3ccccc3)cc2nc1C. The second kappa shape index (κ2) is 5.81. The molecule has 0 bridgehead atoms. The van der Waals surface area contributed by atoms with Crippen molar-refractivity contribution in [1.82, 2.24) is 9.97 Å². The third-order valence-corrected chi connectivity index (χ3v) is 3.28. The second-order valence-electron chi connectivity index (χ2n) is 4.93. The molecule has 1 aromatic heterocycles. The van der Waals surface area contributed by atoms with Crippen LogP contribution >= 0.6 is 0 Å². The first-order chi connectivity index (χ1) is 10.6. The Bertz CT molecular complexity index is 832. The highest BCUT2D eigenvalue weighted by atomic mass is 16.6. The van der Waals surface area contributed by atoms with Gasteiger partial charge in [-0.2, -0.15) is 0 Å². The van der Waals surface area contributed by atoms with Gasteiger partial charge in [0.25, 0.3) is 0 Å². The lowest BCUT2D eigenvalue weighted by molar-refractivity contribution is 0.215. The molecule has 0 unspecified atom stereocenters. The number of hydrogen-bond donors (Lipinski definition) is 1. The molecule has 0 atom stereocenters. The Labute approximate surface area is 128 Å². The van der Waals surface area contributed by atoms with Crippen LogP contribution in [0.15, 0.2) is 48.5 Å². The Morgan fingerprint density at radius 1 is 0.955 bits per heavy atom. The lowest BCUT2D eigenvalue weighted by Gasteiger charge is -2.08. The van der Waals surface area contributed by atoms with Crippen LogP contribution in [-0.4, -0.2) is 16.1 Å². The van der Waals surface area contributed by atoms with Gasteiger partial charge in [-0.1, -0.05) is 18.2 Å². The Kier molecular flexibility index (Phi) is 3.70. The van der Waals surface area contributed by atoms with E-state index in [-0.39, 0.29) is 0 Å². The van der Waals surface area contributed by atoms with E-state index in [9.17, 15) is 4.79 Å². The first kappa shape index (κ1) is 14.0. The fraction of sp³-hybridized carbons (Fsp3) is 0.118. The Hall–Kier alpha value is -2.95. The molecule has 5 nitrogen and oxygen atoms in total. The first-order valence-electron chi connectivity index (χ1n) is 6.91. The van der Waals surface area contributed by atoms with Gasteiger partial charge in [-0.05, 0) is 44.2 Å². The first-order valence-corrected chi connectivity index (χ1v) is 6.91. The molecule has 0 saturated carbocycles. The Balaban J connectivity index is 1.79. The van der Waals surface area contributed by atoms with Gasteiger partial charge < -0.3 is 4.74 Å². The Morgan fingerprint density at radius 2 is 1.64 bits per heavy atom. The van der Waals surface area contributed by atoms with Crippen molar-refractivity contribution >= 4 is 22.8 Å². The maximum absolute atomic E-state index is 11.9. The van der Waals surface area contributed by atoms with Gasteiger partial charge in [0.1, 0.15) is 5.75 Å². The van der Waals surface area contributed by atoms with Crippen LogP contribution in [0, 0.1) is 13.8 Å². The second-order valence-corrected chi connectivity index (χ2v) is 4.93. The van der Waals surface area contributed by atoms with Gasteiger partial charge in [-0.25, -0.2) is 14.8 Å². The Morgan fingerprint density at radius 3 is 2.36 bits per heavy atom. The molecule has 1 amide bonds. The fourth-order valence-corrected chi connectivity index (χ4v) is 2.05. The van der Waals surface area contributed by atoms with E-state index in [1.807, 2.05) is 26.0 Å². The van der Waals surface area contributed by atoms with E-state index >= 15 is 0 Å². The number of nitrogens with one attached hydrogen (secondary N) is 1. The molecule has 0 fully saturated rings. The van der Waals surface area contributed by atoms with Crippen molar-refractivity contribution < 1.29 is 9.53 Å². The molecule has 110 valence electrons. The number of hydrogen-bond acceptors (Lipinski definition) is 4. The summed E-state index contributed by atoms with van der Waals surface area (Å²) in [5.74, 6) is 0.493. The summed E-state index contributed by atoms with van der Waals surface area (Å²) in [7, 11) is 0. The lowest BCUT2D eigenvalue weighted by atomic mass is 10.2. The predicted octanol–water partition coefficient (Wildman–Crippen LogP) is 3.86. The summed E-state index contributed by atoms with van der Waals surface area (Å²) in [5, 5.41) is 2.69. The van der Waals surface area contributed by atoms with Crippen LogP contribution in [0.4, 0.5) is 10.5 Å². The topological polar surface area (TPSA) is 64.1 Å². The van der Waals surface area contributed by atoms with Crippen LogP contribution in [0.5, 0.6) is 5.75 Å². The molecule has 0 spiro atoms. The van der Waals surface area contributed by atoms with E-state index in [1.165, 1.54) is 0 Å². The maximum Gasteiger partial charge on any atom is 0.417 e. The van der Waals surface area contributed by atoms with Crippen molar-refractivity contribution in [3.05, 3.63) is 59.9 Å². The van der Waals surface area contributed by atoms with Crippen molar-refractivity contribution in [3.8, 4) is 5.75 Å². The van der Waals surface area contributed by atoms with Gasteiger partial charge in [0.15, 0.2) is 0 Å². The minimum atomic E-state index is -0.539. The summed E-state index contributed by atoms with van der Waals surface area (Å²) in [5.41, 5.74) is 3.92. The number of ether oxygens (including phenoxy) is 1. The number of anilines is 1. The van der Waals surface area contributed by atoms with Crippen molar-refractivity contribution in [2.75, 3.05) is 5.32 Å². The van der Waals surface area contributed by atoms with Crippen LogP contribution in [0.1, 0.15) is 11.4 Å². The molecule has 3 aromatic rings. The highest BCUT2D eigenvalue weighted by Crippen LogP contribution is 2.18. The van der Waals surface area contributed by atoms with Gasteiger partial charge in [0.05, 0.1) is 22.4 Å². The number of aryl methyl sites for hydroxylation is 2. The van der Waals surface area contributed by atoms with E-state index in [0.717, 1.165) is 22.4 Å². The number of aromatic nitrogens is 2. The largest absolute Gasteiger partial charge is 0.417 e. The number of benzene rings is 2.